The molecule has 152 valence electrons. The van der Waals surface area contributed by atoms with Crippen molar-refractivity contribution < 1.29 is 14.0 Å². The summed E-state index contributed by atoms with van der Waals surface area (Å²) >= 11 is 0. The van der Waals surface area contributed by atoms with E-state index in [4.69, 9.17) is 19.0 Å². The van der Waals surface area contributed by atoms with Crippen molar-refractivity contribution in [1.29, 1.82) is 0 Å². The Labute approximate surface area is 172 Å². The van der Waals surface area contributed by atoms with Gasteiger partial charge in [-0.25, -0.2) is 9.97 Å². The Bertz CT molecular complexity index is 1280. The molecule has 0 saturated carbocycles. The molecule has 0 saturated heterocycles. The topological polar surface area (TPSA) is 94.7 Å². The van der Waals surface area contributed by atoms with Gasteiger partial charge in [-0.2, -0.15) is 0 Å². The molecule has 5 heterocycles. The van der Waals surface area contributed by atoms with Gasteiger partial charge in [-0.05, 0) is 32.0 Å². The van der Waals surface area contributed by atoms with Crippen LogP contribution in [0.3, 0.4) is 0 Å². The van der Waals surface area contributed by atoms with E-state index < -0.39 is 5.60 Å². The zero-order valence-electron chi connectivity index (χ0n) is 17.0. The van der Waals surface area contributed by atoms with Gasteiger partial charge in [0.05, 0.1) is 42.2 Å². The van der Waals surface area contributed by atoms with E-state index in [-0.39, 0.29) is 0 Å². The lowest BCUT2D eigenvalue weighted by atomic mass is 9.95. The molecule has 4 aromatic heterocycles. The Hall–Kier alpha value is -3.68. The lowest BCUT2D eigenvalue weighted by molar-refractivity contribution is -0.0105. The monoisotopic (exact) mass is 403 g/mol. The van der Waals surface area contributed by atoms with Crippen LogP contribution in [0.15, 0.2) is 52.5 Å². The number of nitrogens with zero attached hydrogens (tertiary/aromatic N) is 4. The van der Waals surface area contributed by atoms with Crippen LogP contribution in [-0.4, -0.2) is 27.8 Å². The number of methoxy groups -OCH3 is 1. The fourth-order valence-electron chi connectivity index (χ4n) is 3.71. The third-order valence-corrected chi connectivity index (χ3v) is 5.29. The molecule has 0 aromatic carbocycles. The summed E-state index contributed by atoms with van der Waals surface area (Å²) in [6, 6.07) is 7.63. The molecule has 1 aliphatic rings. The first-order valence-corrected chi connectivity index (χ1v) is 9.67. The maximum absolute atomic E-state index is 5.71. The highest BCUT2D eigenvalue weighted by Crippen LogP contribution is 2.35. The molecule has 0 amide bonds. The number of nitrogens with one attached hydrogen (secondary N) is 1. The minimum Gasteiger partial charge on any atom is -0.495 e. The number of ether oxygens (including phenoxy) is 1. The van der Waals surface area contributed by atoms with Crippen molar-refractivity contribution in [2.24, 2.45) is 5.16 Å². The molecule has 0 radical (unpaired) electrons. The van der Waals surface area contributed by atoms with Gasteiger partial charge in [-0.15, -0.1) is 0 Å². The summed E-state index contributed by atoms with van der Waals surface area (Å²) in [5, 5.41) is 7.52. The van der Waals surface area contributed by atoms with Gasteiger partial charge >= 0.3 is 0 Å². The van der Waals surface area contributed by atoms with Crippen molar-refractivity contribution in [3.8, 4) is 5.75 Å². The normalized spacial score (nSPS) is 18.4. The molecule has 0 fully saturated rings. The van der Waals surface area contributed by atoms with Crippen LogP contribution in [0, 0.1) is 0 Å². The molecule has 1 unspecified atom stereocenters. The first-order chi connectivity index (χ1) is 14.6. The van der Waals surface area contributed by atoms with Crippen LogP contribution in [0.4, 0.5) is 5.69 Å². The van der Waals surface area contributed by atoms with Crippen molar-refractivity contribution in [3.05, 3.63) is 54.2 Å². The number of anilines is 1. The highest BCUT2D eigenvalue weighted by molar-refractivity contribution is 5.88. The van der Waals surface area contributed by atoms with Gasteiger partial charge in [-0.3, -0.25) is 4.98 Å². The van der Waals surface area contributed by atoms with E-state index in [1.54, 1.807) is 25.8 Å². The fraction of sp³-hybridized carbons (Fsp3) is 0.273. The largest absolute Gasteiger partial charge is 0.495 e. The summed E-state index contributed by atoms with van der Waals surface area (Å²) in [4.78, 5) is 19.4. The third kappa shape index (κ3) is 3.10. The quantitative estimate of drug-likeness (QED) is 0.528. The Morgan fingerprint density at radius 2 is 2.10 bits per heavy atom. The number of hydrogen-bond donors (Lipinski definition) is 1. The van der Waals surface area contributed by atoms with Gasteiger partial charge in [0.2, 0.25) is 0 Å². The summed E-state index contributed by atoms with van der Waals surface area (Å²) in [5.74, 6) is 0.673. The van der Waals surface area contributed by atoms with Crippen LogP contribution in [0.5, 0.6) is 5.75 Å². The van der Waals surface area contributed by atoms with Gasteiger partial charge in [-0.1, -0.05) is 5.16 Å². The molecule has 0 aliphatic carbocycles. The van der Waals surface area contributed by atoms with Crippen LogP contribution in [0.1, 0.15) is 31.5 Å². The minimum absolute atomic E-state index is 0.531. The van der Waals surface area contributed by atoms with E-state index in [1.807, 2.05) is 38.1 Å². The maximum Gasteiger partial charge on any atom is 0.181 e. The molecule has 4 aromatic rings. The number of furan rings is 1. The fourth-order valence-corrected chi connectivity index (χ4v) is 3.71. The average Bonchev–Trinajstić information content (AvgIpc) is 3.34. The molecule has 5 rings (SSSR count). The molecule has 1 atom stereocenters. The summed E-state index contributed by atoms with van der Waals surface area (Å²) in [6.07, 6.45) is 5.88. The summed E-state index contributed by atoms with van der Waals surface area (Å²) in [6.45, 7) is 4.49. The van der Waals surface area contributed by atoms with Gasteiger partial charge in [0.1, 0.15) is 16.8 Å². The van der Waals surface area contributed by atoms with Crippen molar-refractivity contribution in [2.75, 3.05) is 12.4 Å². The Kier molecular flexibility index (Phi) is 4.27. The van der Waals surface area contributed by atoms with Crippen molar-refractivity contribution in [1.82, 2.24) is 15.0 Å². The van der Waals surface area contributed by atoms with Gasteiger partial charge in [0, 0.05) is 30.8 Å². The second-order valence-electron chi connectivity index (χ2n) is 7.58. The average molecular weight is 403 g/mol. The number of hydrogen-bond acceptors (Lipinski definition) is 8. The lowest BCUT2D eigenvalue weighted by Crippen LogP contribution is -2.22. The Balaban J connectivity index is 1.44. The van der Waals surface area contributed by atoms with Crippen LogP contribution in [0.2, 0.25) is 0 Å². The molecule has 8 nitrogen and oxygen atoms in total. The first kappa shape index (κ1) is 18.4. The van der Waals surface area contributed by atoms with Gasteiger partial charge in [0.25, 0.3) is 0 Å². The molecular formula is C22H21N5O3. The highest BCUT2D eigenvalue weighted by Gasteiger charge is 2.36. The molecule has 8 heteroatoms. The number of pyridine rings is 3. The lowest BCUT2D eigenvalue weighted by Gasteiger charge is -2.20. The zero-order valence-corrected chi connectivity index (χ0v) is 17.0. The minimum atomic E-state index is -0.551. The standard InChI is InChI=1S/C22H21N5O3/c1-13-9-22(2,30-27-13)19-5-4-18-20(26-19)14(12-29-18)10-24-16-6-7-23-17-8-15(28-3)11-25-21(16)17/h4-8,11-12H,9-10H2,1-3H3,(H,23,24). The number of rotatable bonds is 5. The maximum atomic E-state index is 5.71. The Morgan fingerprint density at radius 3 is 2.90 bits per heavy atom. The first-order valence-electron chi connectivity index (χ1n) is 9.67. The van der Waals surface area contributed by atoms with Crippen LogP contribution in [0.25, 0.3) is 22.1 Å². The SMILES string of the molecule is COc1cnc2c(NCc3coc4ccc(C5(C)CC(C)=NO5)nc34)ccnc2c1. The second kappa shape index (κ2) is 6.98. The molecule has 1 N–H and O–H groups in total. The van der Waals surface area contributed by atoms with E-state index in [0.717, 1.165) is 51.2 Å². The predicted molar refractivity (Wildman–Crippen MR) is 114 cm³/mol. The van der Waals surface area contributed by atoms with E-state index in [0.29, 0.717) is 12.3 Å². The highest BCUT2D eigenvalue weighted by atomic mass is 16.7. The number of fused-ring (bicyclic) bond motifs is 2. The van der Waals surface area contributed by atoms with E-state index >= 15 is 0 Å². The van der Waals surface area contributed by atoms with Crippen molar-refractivity contribution in [3.63, 3.8) is 0 Å². The molecule has 1 aliphatic heterocycles. The molecule has 30 heavy (non-hydrogen) atoms. The molecule has 0 bridgehead atoms. The van der Waals surface area contributed by atoms with Crippen LogP contribution in [-0.2, 0) is 17.0 Å². The van der Waals surface area contributed by atoms with Gasteiger partial charge in [0.15, 0.2) is 11.2 Å². The molecule has 0 spiro atoms. The van der Waals surface area contributed by atoms with Crippen molar-refractivity contribution in [2.45, 2.75) is 32.4 Å². The van der Waals surface area contributed by atoms with Crippen LogP contribution >= 0.6 is 0 Å². The summed E-state index contributed by atoms with van der Waals surface area (Å²) in [5.41, 5.74) is 6.15. The van der Waals surface area contributed by atoms with E-state index in [2.05, 4.69) is 20.4 Å². The van der Waals surface area contributed by atoms with E-state index in [9.17, 15) is 0 Å². The van der Waals surface area contributed by atoms with E-state index in [1.165, 1.54) is 0 Å². The van der Waals surface area contributed by atoms with Crippen molar-refractivity contribution >= 4 is 33.5 Å². The number of aromatic nitrogens is 3. The second-order valence-corrected chi connectivity index (χ2v) is 7.58. The zero-order chi connectivity index (χ0) is 20.7. The predicted octanol–water partition coefficient (Wildman–Crippen LogP) is 4.40. The smallest absolute Gasteiger partial charge is 0.181 e. The summed E-state index contributed by atoms with van der Waals surface area (Å²) in [7, 11) is 1.61. The van der Waals surface area contributed by atoms with Gasteiger partial charge < -0.3 is 19.3 Å². The summed E-state index contributed by atoms with van der Waals surface area (Å²) < 4.78 is 10.9. The van der Waals surface area contributed by atoms with Crippen LogP contribution < -0.4 is 10.1 Å². The molecular weight excluding hydrogens is 382 g/mol. The third-order valence-electron chi connectivity index (χ3n) is 5.29. The Morgan fingerprint density at radius 1 is 1.20 bits per heavy atom. The number of oxime groups is 1.